The molecule has 6 heteroatoms. The molecule has 1 atom stereocenters. The fourth-order valence-corrected chi connectivity index (χ4v) is 5.12. The molecule has 0 unspecified atom stereocenters. The highest BCUT2D eigenvalue weighted by atomic mass is 32.2. The number of benzene rings is 2. The number of rotatable bonds is 4. The molecule has 0 saturated carbocycles. The van der Waals surface area contributed by atoms with Crippen LogP contribution in [0.3, 0.4) is 0 Å². The van der Waals surface area contributed by atoms with Gasteiger partial charge in [0.25, 0.3) is 0 Å². The van der Waals surface area contributed by atoms with E-state index in [0.717, 1.165) is 33.8 Å². The van der Waals surface area contributed by atoms with Crippen molar-refractivity contribution in [3.63, 3.8) is 0 Å². The van der Waals surface area contributed by atoms with E-state index >= 15 is 0 Å². The molecule has 1 N–H and O–H groups in total. The summed E-state index contributed by atoms with van der Waals surface area (Å²) in [5, 5.41) is 0. The Bertz CT molecular complexity index is 883. The molecule has 0 radical (unpaired) electrons. The van der Waals surface area contributed by atoms with Crippen molar-refractivity contribution in [2.45, 2.75) is 38.1 Å². The number of sulfonamides is 1. The summed E-state index contributed by atoms with van der Waals surface area (Å²) in [6, 6.07) is 9.04. The summed E-state index contributed by atoms with van der Waals surface area (Å²) in [7, 11) is -2.01. The topological polar surface area (TPSA) is 64.6 Å². The zero-order valence-electron chi connectivity index (χ0n) is 14.9. The molecule has 0 fully saturated rings. The van der Waals surface area contributed by atoms with E-state index < -0.39 is 10.0 Å². The normalized spacial score (nSPS) is 16.9. The van der Waals surface area contributed by atoms with Gasteiger partial charge in [-0.15, -0.1) is 0 Å². The van der Waals surface area contributed by atoms with Crippen molar-refractivity contribution < 1.29 is 17.9 Å². The van der Waals surface area contributed by atoms with Crippen LogP contribution >= 0.6 is 0 Å². The molecule has 5 nitrogen and oxygen atoms in total. The SMILES string of the molecule is COc1ccc2c(c1)C[C@H](NS(=O)(=O)c1c(C)cc(C)cc1C)CO2. The van der Waals surface area contributed by atoms with E-state index in [1.54, 1.807) is 7.11 Å². The number of aryl methyl sites for hydroxylation is 3. The largest absolute Gasteiger partial charge is 0.497 e. The Morgan fingerprint density at radius 3 is 2.44 bits per heavy atom. The Labute approximate surface area is 149 Å². The number of ether oxygens (including phenoxy) is 2. The van der Waals surface area contributed by atoms with E-state index in [4.69, 9.17) is 9.47 Å². The van der Waals surface area contributed by atoms with E-state index in [2.05, 4.69) is 4.72 Å². The molecule has 1 heterocycles. The number of methoxy groups -OCH3 is 1. The summed E-state index contributed by atoms with van der Waals surface area (Å²) in [4.78, 5) is 0.356. The highest BCUT2D eigenvalue weighted by Gasteiger charge is 2.27. The van der Waals surface area contributed by atoms with Gasteiger partial charge in [0.05, 0.1) is 18.0 Å². The van der Waals surface area contributed by atoms with Crippen molar-refractivity contribution in [2.75, 3.05) is 13.7 Å². The van der Waals surface area contributed by atoms with Crippen LogP contribution in [0.15, 0.2) is 35.2 Å². The van der Waals surface area contributed by atoms with Crippen LogP contribution < -0.4 is 14.2 Å². The molecular formula is C19H23NO4S. The average Bonchev–Trinajstić information content (AvgIpc) is 2.52. The summed E-state index contributed by atoms with van der Waals surface area (Å²) in [6.07, 6.45) is 0.565. The minimum atomic E-state index is -3.62. The van der Waals surface area contributed by atoms with Crippen molar-refractivity contribution in [1.29, 1.82) is 0 Å². The van der Waals surface area contributed by atoms with Gasteiger partial charge in [0.1, 0.15) is 18.1 Å². The first kappa shape index (κ1) is 17.8. The first-order valence-electron chi connectivity index (χ1n) is 8.20. The molecule has 1 aliphatic rings. The van der Waals surface area contributed by atoms with E-state index in [-0.39, 0.29) is 6.04 Å². The Morgan fingerprint density at radius 2 is 1.80 bits per heavy atom. The summed E-state index contributed by atoms with van der Waals surface area (Å²) in [6.45, 7) is 5.92. The fraction of sp³-hybridized carbons (Fsp3) is 0.368. The Hall–Kier alpha value is -2.05. The standard InChI is InChI=1S/C19H23NO4S/c1-12-7-13(2)19(14(3)8-12)25(21,22)20-16-9-15-10-17(23-4)5-6-18(15)24-11-16/h5-8,10,16,20H,9,11H2,1-4H3/t16-/m0/s1. The molecule has 2 aromatic rings. The van der Waals surface area contributed by atoms with Gasteiger partial charge in [-0.2, -0.15) is 0 Å². The van der Waals surface area contributed by atoms with Crippen LogP contribution in [-0.2, 0) is 16.4 Å². The lowest BCUT2D eigenvalue weighted by Gasteiger charge is -2.27. The van der Waals surface area contributed by atoms with Gasteiger partial charge < -0.3 is 9.47 Å². The van der Waals surface area contributed by atoms with Crippen molar-refractivity contribution in [3.8, 4) is 11.5 Å². The highest BCUT2D eigenvalue weighted by molar-refractivity contribution is 7.89. The lowest BCUT2D eigenvalue weighted by molar-refractivity contribution is 0.253. The van der Waals surface area contributed by atoms with Crippen LogP contribution in [0.1, 0.15) is 22.3 Å². The summed E-state index contributed by atoms with van der Waals surface area (Å²) < 4.78 is 39.5. The van der Waals surface area contributed by atoms with Gasteiger partial charge in [-0.25, -0.2) is 13.1 Å². The lowest BCUT2D eigenvalue weighted by Crippen LogP contribution is -2.43. The number of hydrogen-bond acceptors (Lipinski definition) is 4. The Morgan fingerprint density at radius 1 is 1.12 bits per heavy atom. The molecular weight excluding hydrogens is 338 g/mol. The third-order valence-electron chi connectivity index (χ3n) is 4.37. The minimum absolute atomic E-state index is 0.308. The fourth-order valence-electron chi connectivity index (χ4n) is 3.44. The maximum atomic E-state index is 12.9. The van der Waals surface area contributed by atoms with Crippen LogP contribution in [0.25, 0.3) is 0 Å². The number of hydrogen-bond donors (Lipinski definition) is 1. The molecule has 0 amide bonds. The Kier molecular flexibility index (Phi) is 4.75. The van der Waals surface area contributed by atoms with Crippen LogP contribution in [0.4, 0.5) is 0 Å². The first-order chi connectivity index (χ1) is 11.8. The van der Waals surface area contributed by atoms with Gasteiger partial charge in [-0.3, -0.25) is 0 Å². The zero-order valence-corrected chi connectivity index (χ0v) is 15.7. The quantitative estimate of drug-likeness (QED) is 0.909. The third kappa shape index (κ3) is 3.65. The number of fused-ring (bicyclic) bond motifs is 1. The molecule has 134 valence electrons. The molecule has 0 spiro atoms. The van der Waals surface area contributed by atoms with Crippen LogP contribution in [0.2, 0.25) is 0 Å². The second-order valence-electron chi connectivity index (χ2n) is 6.53. The lowest BCUT2D eigenvalue weighted by atomic mass is 10.0. The van der Waals surface area contributed by atoms with Gasteiger partial charge >= 0.3 is 0 Å². The second kappa shape index (κ2) is 6.69. The summed E-state index contributed by atoms with van der Waals surface area (Å²) in [5.74, 6) is 1.51. The van der Waals surface area contributed by atoms with Crippen molar-refractivity contribution in [2.24, 2.45) is 0 Å². The molecule has 3 rings (SSSR count). The summed E-state index contributed by atoms with van der Waals surface area (Å²) in [5.41, 5.74) is 3.50. The van der Waals surface area contributed by atoms with Crippen LogP contribution in [0, 0.1) is 20.8 Å². The molecule has 1 aliphatic heterocycles. The predicted molar refractivity (Wildman–Crippen MR) is 97.0 cm³/mol. The van der Waals surface area contributed by atoms with Gasteiger partial charge in [-0.05, 0) is 62.1 Å². The van der Waals surface area contributed by atoms with Gasteiger partial charge in [-0.1, -0.05) is 17.7 Å². The van der Waals surface area contributed by atoms with Crippen molar-refractivity contribution in [3.05, 3.63) is 52.6 Å². The second-order valence-corrected chi connectivity index (χ2v) is 8.19. The molecule has 0 aliphatic carbocycles. The maximum Gasteiger partial charge on any atom is 0.241 e. The molecule has 25 heavy (non-hydrogen) atoms. The smallest absolute Gasteiger partial charge is 0.241 e. The van der Waals surface area contributed by atoms with E-state index in [9.17, 15) is 8.42 Å². The molecule has 0 bridgehead atoms. The predicted octanol–water partition coefficient (Wildman–Crippen LogP) is 2.90. The highest BCUT2D eigenvalue weighted by Crippen LogP contribution is 2.29. The van der Waals surface area contributed by atoms with E-state index in [0.29, 0.717) is 17.9 Å². The van der Waals surface area contributed by atoms with E-state index in [1.165, 1.54) is 0 Å². The van der Waals surface area contributed by atoms with Crippen molar-refractivity contribution >= 4 is 10.0 Å². The van der Waals surface area contributed by atoms with Crippen LogP contribution in [0.5, 0.6) is 11.5 Å². The average molecular weight is 361 g/mol. The maximum absolute atomic E-state index is 12.9. The van der Waals surface area contributed by atoms with Gasteiger partial charge in [0, 0.05) is 0 Å². The van der Waals surface area contributed by atoms with E-state index in [1.807, 2.05) is 51.1 Å². The first-order valence-corrected chi connectivity index (χ1v) is 9.68. The minimum Gasteiger partial charge on any atom is -0.497 e. The number of nitrogens with one attached hydrogen (secondary N) is 1. The monoisotopic (exact) mass is 361 g/mol. The summed E-state index contributed by atoms with van der Waals surface area (Å²) >= 11 is 0. The molecule has 0 aromatic heterocycles. The zero-order chi connectivity index (χ0) is 18.2. The van der Waals surface area contributed by atoms with Crippen molar-refractivity contribution in [1.82, 2.24) is 4.72 Å². The molecule has 0 saturated heterocycles. The van der Waals surface area contributed by atoms with Gasteiger partial charge in [0.15, 0.2) is 0 Å². The molecule has 2 aromatic carbocycles. The van der Waals surface area contributed by atoms with Gasteiger partial charge in [0.2, 0.25) is 10.0 Å². The third-order valence-corrected chi connectivity index (χ3v) is 6.19. The van der Waals surface area contributed by atoms with Crippen LogP contribution in [-0.4, -0.2) is 28.2 Å². The Balaban J connectivity index is 1.85.